The largest absolute Gasteiger partial charge is 0.393 e. The number of likely N-dealkylation sites (tertiary alicyclic amines) is 2. The molecule has 2 aliphatic heterocycles. The summed E-state index contributed by atoms with van der Waals surface area (Å²) in [5, 5.41) is 9.60. The second-order valence-corrected chi connectivity index (χ2v) is 6.38. The zero-order chi connectivity index (χ0) is 13.8. The molecule has 0 spiro atoms. The quantitative estimate of drug-likeness (QED) is 0.836. The molecule has 0 aromatic heterocycles. The van der Waals surface area contributed by atoms with Crippen LogP contribution in [0.3, 0.4) is 0 Å². The fourth-order valence-corrected chi connectivity index (χ4v) is 3.27. The van der Waals surface area contributed by atoms with E-state index in [1.807, 2.05) is 16.7 Å². The maximum Gasteiger partial charge on any atom is 0.320 e. The van der Waals surface area contributed by atoms with Crippen LogP contribution < -0.4 is 0 Å². The summed E-state index contributed by atoms with van der Waals surface area (Å²) < 4.78 is 0. The Morgan fingerprint density at radius 1 is 1.21 bits per heavy atom. The van der Waals surface area contributed by atoms with Gasteiger partial charge in [0.05, 0.1) is 6.10 Å². The molecule has 2 unspecified atom stereocenters. The molecule has 2 heterocycles. The van der Waals surface area contributed by atoms with E-state index < -0.39 is 0 Å². The van der Waals surface area contributed by atoms with Crippen molar-refractivity contribution >= 4 is 6.03 Å². The minimum absolute atomic E-state index is 0.206. The van der Waals surface area contributed by atoms with Crippen molar-refractivity contribution in [2.45, 2.75) is 64.5 Å². The van der Waals surface area contributed by atoms with Gasteiger partial charge in [-0.15, -0.1) is 0 Å². The molecule has 2 fully saturated rings. The van der Waals surface area contributed by atoms with Crippen LogP contribution in [0, 0.1) is 5.92 Å². The first-order valence-electron chi connectivity index (χ1n) is 7.81. The normalized spacial score (nSPS) is 27.4. The van der Waals surface area contributed by atoms with E-state index in [0.29, 0.717) is 0 Å². The average molecular weight is 268 g/mol. The minimum atomic E-state index is -0.320. The van der Waals surface area contributed by atoms with Gasteiger partial charge in [0.15, 0.2) is 0 Å². The molecule has 1 N–H and O–H groups in total. The van der Waals surface area contributed by atoms with Crippen molar-refractivity contribution in [2.75, 3.05) is 19.6 Å². The van der Waals surface area contributed by atoms with Crippen LogP contribution in [0.25, 0.3) is 0 Å². The second-order valence-electron chi connectivity index (χ2n) is 6.38. The number of hydrogen-bond donors (Lipinski definition) is 1. The smallest absolute Gasteiger partial charge is 0.320 e. The number of carbonyl (C=O) groups is 1. The van der Waals surface area contributed by atoms with E-state index in [2.05, 4.69) is 6.92 Å². The molecule has 0 bridgehead atoms. The fraction of sp³-hybridized carbons (Fsp3) is 0.933. The van der Waals surface area contributed by atoms with Gasteiger partial charge in [0.2, 0.25) is 0 Å². The Hall–Kier alpha value is -0.770. The van der Waals surface area contributed by atoms with Gasteiger partial charge in [-0.3, -0.25) is 0 Å². The van der Waals surface area contributed by atoms with E-state index in [4.69, 9.17) is 0 Å². The van der Waals surface area contributed by atoms with Crippen LogP contribution in [0.5, 0.6) is 0 Å². The van der Waals surface area contributed by atoms with Gasteiger partial charge in [-0.05, 0) is 51.4 Å². The predicted octanol–water partition coefficient (Wildman–Crippen LogP) is 2.46. The van der Waals surface area contributed by atoms with Gasteiger partial charge >= 0.3 is 6.03 Å². The molecule has 2 rings (SSSR count). The van der Waals surface area contributed by atoms with E-state index in [-0.39, 0.29) is 18.2 Å². The van der Waals surface area contributed by atoms with E-state index in [1.54, 1.807) is 0 Å². The molecular formula is C15H28N2O2. The number of aliphatic hydroxyl groups excluding tert-OH is 1. The zero-order valence-electron chi connectivity index (χ0n) is 12.3. The van der Waals surface area contributed by atoms with Crippen molar-refractivity contribution < 1.29 is 9.90 Å². The van der Waals surface area contributed by atoms with Gasteiger partial charge in [-0.25, -0.2) is 4.79 Å². The molecule has 0 aromatic rings. The Morgan fingerprint density at radius 2 is 1.89 bits per heavy atom. The Labute approximate surface area is 116 Å². The lowest BCUT2D eigenvalue weighted by atomic mass is 9.96. The van der Waals surface area contributed by atoms with Crippen LogP contribution in [0.4, 0.5) is 4.79 Å². The van der Waals surface area contributed by atoms with Crippen molar-refractivity contribution in [3.8, 4) is 0 Å². The number of nitrogens with zero attached hydrogens (tertiary/aromatic N) is 2. The highest BCUT2D eigenvalue weighted by atomic mass is 16.3. The lowest BCUT2D eigenvalue weighted by molar-refractivity contribution is 0.0772. The fourth-order valence-electron chi connectivity index (χ4n) is 3.27. The number of aliphatic hydroxyl groups is 1. The highest BCUT2D eigenvalue weighted by molar-refractivity contribution is 5.75. The minimum Gasteiger partial charge on any atom is -0.393 e. The lowest BCUT2D eigenvalue weighted by Crippen LogP contribution is -2.52. The Morgan fingerprint density at radius 3 is 2.53 bits per heavy atom. The SMILES string of the molecule is CC(O)CC1CCCCN1C(=O)N1CCC(C)CC1. The Balaban J connectivity index is 1.95. The van der Waals surface area contributed by atoms with Crippen LogP contribution >= 0.6 is 0 Å². The molecule has 2 saturated heterocycles. The summed E-state index contributed by atoms with van der Waals surface area (Å²) in [5.74, 6) is 0.749. The predicted molar refractivity (Wildman–Crippen MR) is 76.0 cm³/mol. The number of rotatable bonds is 2. The van der Waals surface area contributed by atoms with Gasteiger partial charge in [-0.1, -0.05) is 6.92 Å². The maximum absolute atomic E-state index is 12.6. The van der Waals surface area contributed by atoms with Crippen LogP contribution in [0.1, 0.15) is 52.4 Å². The molecule has 2 aliphatic rings. The summed E-state index contributed by atoms with van der Waals surface area (Å²) >= 11 is 0. The highest BCUT2D eigenvalue weighted by Gasteiger charge is 2.31. The molecule has 4 heteroatoms. The molecular weight excluding hydrogens is 240 g/mol. The number of hydrogen-bond acceptors (Lipinski definition) is 2. The summed E-state index contributed by atoms with van der Waals surface area (Å²) in [6, 6.07) is 0.442. The molecule has 110 valence electrons. The summed E-state index contributed by atoms with van der Waals surface area (Å²) in [7, 11) is 0. The molecule has 0 saturated carbocycles. The van der Waals surface area contributed by atoms with Gasteiger partial charge in [0.1, 0.15) is 0 Å². The lowest BCUT2D eigenvalue weighted by Gasteiger charge is -2.41. The van der Waals surface area contributed by atoms with Crippen LogP contribution in [-0.2, 0) is 0 Å². The van der Waals surface area contributed by atoms with E-state index in [1.165, 1.54) is 6.42 Å². The van der Waals surface area contributed by atoms with Gasteiger partial charge < -0.3 is 14.9 Å². The second kappa shape index (κ2) is 6.60. The number of urea groups is 1. The molecule has 4 nitrogen and oxygen atoms in total. The number of piperidine rings is 2. The first kappa shape index (κ1) is 14.6. The summed E-state index contributed by atoms with van der Waals surface area (Å²) in [5.41, 5.74) is 0. The standard InChI is InChI=1S/C15H28N2O2/c1-12-6-9-16(10-7-12)15(19)17-8-4-3-5-14(17)11-13(2)18/h12-14,18H,3-11H2,1-2H3. The highest BCUT2D eigenvalue weighted by Crippen LogP contribution is 2.24. The maximum atomic E-state index is 12.6. The molecule has 2 amide bonds. The molecule has 0 radical (unpaired) electrons. The van der Waals surface area contributed by atoms with Crippen molar-refractivity contribution in [1.29, 1.82) is 0 Å². The zero-order valence-corrected chi connectivity index (χ0v) is 12.3. The molecule has 0 aromatic carbocycles. The summed E-state index contributed by atoms with van der Waals surface area (Å²) in [4.78, 5) is 16.7. The third kappa shape index (κ3) is 3.85. The third-order valence-electron chi connectivity index (χ3n) is 4.54. The van der Waals surface area contributed by atoms with Gasteiger partial charge in [-0.2, -0.15) is 0 Å². The van der Waals surface area contributed by atoms with E-state index in [9.17, 15) is 9.90 Å². The topological polar surface area (TPSA) is 43.8 Å². The molecule has 19 heavy (non-hydrogen) atoms. The molecule has 2 atom stereocenters. The first-order chi connectivity index (χ1) is 9.08. The monoisotopic (exact) mass is 268 g/mol. The van der Waals surface area contributed by atoms with E-state index in [0.717, 1.165) is 57.7 Å². The van der Waals surface area contributed by atoms with Crippen molar-refractivity contribution in [3.63, 3.8) is 0 Å². The first-order valence-corrected chi connectivity index (χ1v) is 7.81. The van der Waals surface area contributed by atoms with Gasteiger partial charge in [0, 0.05) is 25.7 Å². The van der Waals surface area contributed by atoms with Crippen molar-refractivity contribution in [1.82, 2.24) is 9.80 Å². The van der Waals surface area contributed by atoms with Crippen molar-refractivity contribution in [3.05, 3.63) is 0 Å². The Kier molecular flexibility index (Phi) is 5.08. The third-order valence-corrected chi connectivity index (χ3v) is 4.54. The summed E-state index contributed by atoms with van der Waals surface area (Å²) in [6.45, 7) is 6.75. The summed E-state index contributed by atoms with van der Waals surface area (Å²) in [6.07, 6.45) is 5.97. The van der Waals surface area contributed by atoms with Crippen LogP contribution in [-0.4, -0.2) is 52.7 Å². The molecule has 0 aliphatic carbocycles. The van der Waals surface area contributed by atoms with E-state index >= 15 is 0 Å². The van der Waals surface area contributed by atoms with Gasteiger partial charge in [0.25, 0.3) is 0 Å². The number of amides is 2. The average Bonchev–Trinajstić information content (AvgIpc) is 2.39. The van der Waals surface area contributed by atoms with Crippen LogP contribution in [0.15, 0.2) is 0 Å². The number of carbonyl (C=O) groups excluding carboxylic acids is 1. The van der Waals surface area contributed by atoms with Crippen molar-refractivity contribution in [2.24, 2.45) is 5.92 Å². The Bertz CT molecular complexity index is 299. The van der Waals surface area contributed by atoms with Crippen LogP contribution in [0.2, 0.25) is 0 Å².